The summed E-state index contributed by atoms with van der Waals surface area (Å²) in [6, 6.07) is 25.0. The summed E-state index contributed by atoms with van der Waals surface area (Å²) in [5, 5.41) is 12.1. The van der Waals surface area contributed by atoms with Crippen molar-refractivity contribution in [3.8, 4) is 0 Å². The Morgan fingerprint density at radius 3 is 2.50 bits per heavy atom. The molecule has 1 aliphatic rings. The molecule has 1 N–H and O–H groups in total. The zero-order chi connectivity index (χ0) is 24.9. The van der Waals surface area contributed by atoms with E-state index in [0.717, 1.165) is 21.2 Å². The maximum atomic E-state index is 12.8. The van der Waals surface area contributed by atoms with Crippen molar-refractivity contribution >= 4 is 63.4 Å². The first-order valence-electron chi connectivity index (χ1n) is 11.1. The lowest BCUT2D eigenvalue weighted by Crippen LogP contribution is -2.27. The van der Waals surface area contributed by atoms with Crippen LogP contribution in [0.15, 0.2) is 83.2 Å². The Kier molecular flexibility index (Phi) is 7.91. The third kappa shape index (κ3) is 6.10. The molecule has 0 aliphatic carbocycles. The summed E-state index contributed by atoms with van der Waals surface area (Å²) in [6.45, 7) is 0.511. The van der Waals surface area contributed by atoms with E-state index in [2.05, 4.69) is 27.6 Å². The van der Waals surface area contributed by atoms with Crippen molar-refractivity contribution in [3.63, 3.8) is 0 Å². The van der Waals surface area contributed by atoms with Gasteiger partial charge in [-0.15, -0.1) is 22.0 Å². The molecule has 6 nitrogen and oxygen atoms in total. The highest BCUT2D eigenvalue weighted by Crippen LogP contribution is 2.39. The fourth-order valence-electron chi connectivity index (χ4n) is 3.69. The van der Waals surface area contributed by atoms with E-state index in [4.69, 9.17) is 11.6 Å². The van der Waals surface area contributed by atoms with Crippen LogP contribution in [0.25, 0.3) is 0 Å². The number of rotatable bonds is 8. The molecule has 3 aromatic carbocycles. The summed E-state index contributed by atoms with van der Waals surface area (Å²) in [5.74, 6) is 1.08. The van der Waals surface area contributed by atoms with Crippen LogP contribution in [0.3, 0.4) is 0 Å². The van der Waals surface area contributed by atoms with Crippen molar-refractivity contribution in [2.24, 2.45) is 0 Å². The van der Waals surface area contributed by atoms with Crippen molar-refractivity contribution < 1.29 is 9.59 Å². The number of thioether (sulfide) groups is 2. The van der Waals surface area contributed by atoms with Gasteiger partial charge in [0.1, 0.15) is 5.37 Å². The number of benzene rings is 3. The van der Waals surface area contributed by atoms with Gasteiger partial charge in [0.15, 0.2) is 4.34 Å². The van der Waals surface area contributed by atoms with E-state index < -0.39 is 0 Å². The zero-order valence-electron chi connectivity index (χ0n) is 19.0. The topological polar surface area (TPSA) is 75.2 Å². The van der Waals surface area contributed by atoms with Gasteiger partial charge in [-0.3, -0.25) is 14.9 Å². The smallest absolute Gasteiger partial charge is 0.257 e. The van der Waals surface area contributed by atoms with Gasteiger partial charge in [0, 0.05) is 22.9 Å². The second-order valence-electron chi connectivity index (χ2n) is 8.03. The number of nitrogens with zero attached hydrogens (tertiary/aromatic N) is 3. The molecule has 1 saturated heterocycles. The highest BCUT2D eigenvalue weighted by atomic mass is 35.5. The summed E-state index contributed by atoms with van der Waals surface area (Å²) in [7, 11) is 0. The minimum atomic E-state index is -0.245. The molecular formula is C26H21ClN4O2S3. The third-order valence-electron chi connectivity index (χ3n) is 5.52. The van der Waals surface area contributed by atoms with E-state index in [9.17, 15) is 9.59 Å². The number of amides is 2. The van der Waals surface area contributed by atoms with Crippen LogP contribution in [-0.4, -0.2) is 32.7 Å². The molecule has 0 spiro atoms. The van der Waals surface area contributed by atoms with Gasteiger partial charge >= 0.3 is 0 Å². The Balaban J connectivity index is 1.20. The lowest BCUT2D eigenvalue weighted by atomic mass is 10.1. The number of hydrogen-bond acceptors (Lipinski definition) is 7. The number of aromatic nitrogens is 2. The molecule has 182 valence electrons. The predicted molar refractivity (Wildman–Crippen MR) is 148 cm³/mol. The van der Waals surface area contributed by atoms with E-state index in [1.54, 1.807) is 35.7 Å². The molecule has 1 aromatic heterocycles. The maximum Gasteiger partial charge on any atom is 0.257 e. The van der Waals surface area contributed by atoms with Gasteiger partial charge in [0.05, 0.1) is 5.75 Å². The Hall–Kier alpha value is -2.85. The van der Waals surface area contributed by atoms with Gasteiger partial charge in [-0.2, -0.15) is 0 Å². The number of anilines is 1. The van der Waals surface area contributed by atoms with Gasteiger partial charge in [-0.1, -0.05) is 89.3 Å². The molecule has 36 heavy (non-hydrogen) atoms. The standard InChI is InChI=1S/C26H21ClN4O2S3/c27-21-12-6-17(7-13-21)14-31-22(32)16-34-24(31)20-10-8-19(9-11-20)23(33)28-25-29-30-26(36-25)35-15-18-4-2-1-3-5-18/h1-13,24H,14-16H2,(H,28,29,33)/t24-/m1/s1. The summed E-state index contributed by atoms with van der Waals surface area (Å²) < 4.78 is 0.799. The average molecular weight is 553 g/mol. The highest BCUT2D eigenvalue weighted by Gasteiger charge is 2.32. The molecule has 1 atom stereocenters. The van der Waals surface area contributed by atoms with Gasteiger partial charge < -0.3 is 4.90 Å². The summed E-state index contributed by atoms with van der Waals surface area (Å²) in [5.41, 5.74) is 3.73. The SMILES string of the molecule is O=C(Nc1nnc(SCc2ccccc2)s1)c1ccc([C@H]2SCC(=O)N2Cc2ccc(Cl)cc2)cc1. The van der Waals surface area contributed by atoms with Gasteiger partial charge in [0.2, 0.25) is 11.0 Å². The van der Waals surface area contributed by atoms with Gasteiger partial charge in [-0.05, 0) is 41.0 Å². The first kappa shape index (κ1) is 24.8. The predicted octanol–water partition coefficient (Wildman–Crippen LogP) is 6.51. The van der Waals surface area contributed by atoms with Crippen molar-refractivity contribution in [1.29, 1.82) is 0 Å². The monoisotopic (exact) mass is 552 g/mol. The number of nitrogens with one attached hydrogen (secondary N) is 1. The van der Waals surface area contributed by atoms with Crippen LogP contribution >= 0.6 is 46.5 Å². The summed E-state index contributed by atoms with van der Waals surface area (Å²) >= 11 is 10.5. The lowest BCUT2D eigenvalue weighted by molar-refractivity contribution is -0.128. The van der Waals surface area contributed by atoms with Crippen LogP contribution in [0, 0.1) is 0 Å². The van der Waals surface area contributed by atoms with Gasteiger partial charge in [0.25, 0.3) is 5.91 Å². The third-order valence-corrected chi connectivity index (χ3v) is 9.08. The van der Waals surface area contributed by atoms with Crippen LogP contribution in [0.2, 0.25) is 5.02 Å². The van der Waals surface area contributed by atoms with E-state index in [1.165, 1.54) is 16.9 Å². The Morgan fingerprint density at radius 2 is 1.75 bits per heavy atom. The van der Waals surface area contributed by atoms with E-state index in [1.807, 2.05) is 59.5 Å². The summed E-state index contributed by atoms with van der Waals surface area (Å²) in [4.78, 5) is 27.2. The fourth-order valence-corrected chi connectivity index (χ4v) is 6.71. The Labute approximate surface area is 226 Å². The van der Waals surface area contributed by atoms with Crippen LogP contribution in [0.1, 0.15) is 32.4 Å². The molecule has 1 aliphatic heterocycles. The van der Waals surface area contributed by atoms with Crippen LogP contribution in [0.5, 0.6) is 0 Å². The quantitative estimate of drug-likeness (QED) is 0.198. The number of carbonyl (C=O) groups is 2. The average Bonchev–Trinajstić information content (AvgIpc) is 3.51. The highest BCUT2D eigenvalue weighted by molar-refractivity contribution is 8.00. The number of halogens is 1. The molecule has 0 unspecified atom stereocenters. The molecule has 2 heterocycles. The minimum absolute atomic E-state index is 0.0963. The largest absolute Gasteiger partial charge is 0.322 e. The van der Waals surface area contributed by atoms with Crippen molar-refractivity contribution in [2.75, 3.05) is 11.1 Å². The first-order valence-corrected chi connectivity index (χ1v) is 14.3. The van der Waals surface area contributed by atoms with Crippen molar-refractivity contribution in [3.05, 3.63) is 106 Å². The van der Waals surface area contributed by atoms with E-state index in [0.29, 0.717) is 28.0 Å². The Bertz CT molecular complexity index is 1350. The molecule has 5 rings (SSSR count). The fraction of sp³-hybridized carbons (Fsp3) is 0.154. The van der Waals surface area contributed by atoms with Crippen LogP contribution < -0.4 is 5.32 Å². The van der Waals surface area contributed by atoms with Crippen LogP contribution in [-0.2, 0) is 17.1 Å². The second kappa shape index (κ2) is 11.5. The molecule has 0 bridgehead atoms. The Morgan fingerprint density at radius 1 is 1.00 bits per heavy atom. The molecule has 1 fully saturated rings. The van der Waals surface area contributed by atoms with E-state index >= 15 is 0 Å². The van der Waals surface area contributed by atoms with Crippen molar-refractivity contribution in [1.82, 2.24) is 15.1 Å². The lowest BCUT2D eigenvalue weighted by Gasteiger charge is -2.24. The number of carbonyl (C=O) groups excluding carboxylic acids is 2. The van der Waals surface area contributed by atoms with Gasteiger partial charge in [-0.25, -0.2) is 0 Å². The zero-order valence-corrected chi connectivity index (χ0v) is 22.2. The minimum Gasteiger partial charge on any atom is -0.322 e. The first-order chi connectivity index (χ1) is 17.5. The van der Waals surface area contributed by atoms with Crippen molar-refractivity contribution in [2.45, 2.75) is 22.0 Å². The van der Waals surface area contributed by atoms with Crippen LogP contribution in [0.4, 0.5) is 5.13 Å². The second-order valence-corrected chi connectivity index (χ2v) is 11.7. The van der Waals surface area contributed by atoms with E-state index in [-0.39, 0.29) is 17.2 Å². The molecular weight excluding hydrogens is 532 g/mol. The molecule has 0 radical (unpaired) electrons. The summed E-state index contributed by atoms with van der Waals surface area (Å²) in [6.07, 6.45) is 0. The maximum absolute atomic E-state index is 12.8. The molecule has 10 heteroatoms. The molecule has 2 amide bonds. The number of hydrogen-bond donors (Lipinski definition) is 1. The normalized spacial score (nSPS) is 15.3. The molecule has 4 aromatic rings. The molecule has 0 saturated carbocycles.